The number of rotatable bonds is 4. The molecule has 1 aromatic rings. The van der Waals surface area contributed by atoms with E-state index in [1.165, 1.54) is 0 Å². The highest BCUT2D eigenvalue weighted by atomic mass is 19.1. The van der Waals surface area contributed by atoms with E-state index in [1.54, 1.807) is 34.6 Å². The normalized spacial score (nSPS) is 11.8. The molecule has 0 saturated heterocycles. The Morgan fingerprint density at radius 2 is 1.74 bits per heavy atom. The molecule has 1 rings (SSSR count). The molecule has 0 aromatic heterocycles. The fraction of sp³-hybridized carbons (Fsp3) is 0.500. The summed E-state index contributed by atoms with van der Waals surface area (Å²) in [6.45, 7) is 8.10. The molecule has 7 heteroatoms. The van der Waals surface area contributed by atoms with Crippen LogP contribution in [0.4, 0.5) is 13.6 Å². The summed E-state index contributed by atoms with van der Waals surface area (Å²) in [6, 6.07) is 2.66. The van der Waals surface area contributed by atoms with Gasteiger partial charge in [0, 0.05) is 6.07 Å². The van der Waals surface area contributed by atoms with Crippen LogP contribution in [0.5, 0.6) is 0 Å². The minimum absolute atomic E-state index is 0.170. The molecule has 0 saturated carbocycles. The number of amides is 1. The molecule has 0 aliphatic carbocycles. The van der Waals surface area contributed by atoms with Crippen molar-refractivity contribution in [1.29, 1.82) is 0 Å². The van der Waals surface area contributed by atoms with E-state index in [0.717, 1.165) is 12.1 Å². The second-order valence-electron chi connectivity index (χ2n) is 6.72. The van der Waals surface area contributed by atoms with Gasteiger partial charge in [0.25, 0.3) is 5.91 Å². The Bertz CT molecular complexity index is 594. The van der Waals surface area contributed by atoms with Crippen molar-refractivity contribution in [2.45, 2.75) is 45.8 Å². The van der Waals surface area contributed by atoms with E-state index >= 15 is 0 Å². The Labute approximate surface area is 134 Å². The summed E-state index contributed by atoms with van der Waals surface area (Å²) in [4.78, 5) is 23.5. The van der Waals surface area contributed by atoms with E-state index in [4.69, 9.17) is 9.47 Å². The van der Waals surface area contributed by atoms with Gasteiger partial charge >= 0.3 is 6.16 Å². The van der Waals surface area contributed by atoms with Gasteiger partial charge in [0.15, 0.2) is 0 Å². The minimum Gasteiger partial charge on any atom is -0.432 e. The minimum atomic E-state index is -0.966. The summed E-state index contributed by atoms with van der Waals surface area (Å²) in [5.41, 5.74) is -1.95. The van der Waals surface area contributed by atoms with Gasteiger partial charge < -0.3 is 14.8 Å². The van der Waals surface area contributed by atoms with E-state index in [-0.39, 0.29) is 12.2 Å². The van der Waals surface area contributed by atoms with Gasteiger partial charge in [-0.2, -0.15) is 0 Å². The van der Waals surface area contributed by atoms with Crippen LogP contribution in [-0.4, -0.2) is 29.8 Å². The van der Waals surface area contributed by atoms with Gasteiger partial charge in [-0.3, -0.25) is 4.79 Å². The highest BCUT2D eigenvalue weighted by Crippen LogP contribution is 2.13. The smallest absolute Gasteiger partial charge is 0.432 e. The molecular formula is C16H21F2NO4. The zero-order valence-corrected chi connectivity index (χ0v) is 13.8. The van der Waals surface area contributed by atoms with Gasteiger partial charge in [-0.05, 0) is 46.8 Å². The first-order valence-electron chi connectivity index (χ1n) is 7.03. The first kappa shape index (κ1) is 18.9. The molecule has 5 nitrogen and oxygen atoms in total. The fourth-order valence-corrected chi connectivity index (χ4v) is 1.60. The molecule has 1 amide bonds. The molecule has 0 atom stereocenters. The topological polar surface area (TPSA) is 64.6 Å². The summed E-state index contributed by atoms with van der Waals surface area (Å²) < 4.78 is 36.3. The summed E-state index contributed by atoms with van der Waals surface area (Å²) in [5, 5.41) is 2.52. The molecule has 23 heavy (non-hydrogen) atoms. The van der Waals surface area contributed by atoms with Crippen molar-refractivity contribution in [3.8, 4) is 0 Å². The number of hydrogen-bond acceptors (Lipinski definition) is 4. The largest absolute Gasteiger partial charge is 0.508 e. The van der Waals surface area contributed by atoms with Gasteiger partial charge in [0.2, 0.25) is 0 Å². The predicted octanol–water partition coefficient (Wildman–Crippen LogP) is 3.42. The highest BCUT2D eigenvalue weighted by Gasteiger charge is 2.26. The number of hydrogen-bond donors (Lipinski definition) is 1. The number of nitrogens with one attached hydrogen (secondary N) is 1. The lowest BCUT2D eigenvalue weighted by atomic mass is 10.1. The van der Waals surface area contributed by atoms with Crippen molar-refractivity contribution >= 4 is 12.1 Å². The summed E-state index contributed by atoms with van der Waals surface area (Å²) in [7, 11) is 0. The predicted molar refractivity (Wildman–Crippen MR) is 80.1 cm³/mol. The third-order valence-electron chi connectivity index (χ3n) is 2.57. The van der Waals surface area contributed by atoms with Crippen LogP contribution in [0.15, 0.2) is 18.2 Å². The molecule has 0 spiro atoms. The van der Waals surface area contributed by atoms with Crippen molar-refractivity contribution < 1.29 is 27.8 Å². The molecule has 0 aliphatic heterocycles. The van der Waals surface area contributed by atoms with E-state index in [9.17, 15) is 18.4 Å². The van der Waals surface area contributed by atoms with Crippen molar-refractivity contribution in [1.82, 2.24) is 5.32 Å². The molecule has 0 bridgehead atoms. The molecular weight excluding hydrogens is 308 g/mol. The van der Waals surface area contributed by atoms with Gasteiger partial charge in [0.1, 0.15) is 23.8 Å². The average Bonchev–Trinajstić information content (AvgIpc) is 2.33. The molecule has 0 aliphatic rings. The number of halogens is 2. The van der Waals surface area contributed by atoms with Gasteiger partial charge in [-0.15, -0.1) is 0 Å². The third kappa shape index (κ3) is 6.63. The molecule has 1 N–H and O–H groups in total. The number of benzene rings is 1. The number of ether oxygens (including phenoxy) is 2. The van der Waals surface area contributed by atoms with E-state index in [0.29, 0.717) is 6.07 Å². The first-order valence-corrected chi connectivity index (χ1v) is 7.03. The maximum absolute atomic E-state index is 13.6. The monoisotopic (exact) mass is 329 g/mol. The van der Waals surface area contributed by atoms with Crippen molar-refractivity contribution in [3.05, 3.63) is 35.4 Å². The lowest BCUT2D eigenvalue weighted by Gasteiger charge is -2.27. The standard InChI is InChI=1S/C16H21F2NO4/c1-15(2,3)23-14(21)22-9-16(4,5)19-13(20)11-7-6-10(17)8-12(11)18/h6-8H,9H2,1-5H3,(H,19,20). The Hall–Kier alpha value is -2.18. The van der Waals surface area contributed by atoms with Crippen molar-refractivity contribution in [3.63, 3.8) is 0 Å². The van der Waals surface area contributed by atoms with Crippen LogP contribution < -0.4 is 5.32 Å². The van der Waals surface area contributed by atoms with E-state index in [1.807, 2.05) is 0 Å². The summed E-state index contributed by atoms with van der Waals surface area (Å²) >= 11 is 0. The third-order valence-corrected chi connectivity index (χ3v) is 2.57. The number of carbonyl (C=O) groups excluding carboxylic acids is 2. The molecule has 0 fully saturated rings. The van der Waals surface area contributed by atoms with Crippen LogP contribution in [0, 0.1) is 11.6 Å². The molecule has 0 heterocycles. The Morgan fingerprint density at radius 1 is 1.13 bits per heavy atom. The van der Waals surface area contributed by atoms with Crippen molar-refractivity contribution in [2.75, 3.05) is 6.61 Å². The van der Waals surface area contributed by atoms with Crippen LogP contribution in [0.2, 0.25) is 0 Å². The summed E-state index contributed by atoms with van der Waals surface area (Å²) in [5.74, 6) is -2.47. The van der Waals surface area contributed by atoms with Gasteiger partial charge in [-0.1, -0.05) is 0 Å². The quantitative estimate of drug-likeness (QED) is 0.860. The maximum atomic E-state index is 13.6. The average molecular weight is 329 g/mol. The van der Waals surface area contributed by atoms with Gasteiger partial charge in [-0.25, -0.2) is 13.6 Å². The molecule has 0 unspecified atom stereocenters. The van der Waals surface area contributed by atoms with Crippen LogP contribution in [0.3, 0.4) is 0 Å². The second kappa shape index (κ2) is 6.93. The van der Waals surface area contributed by atoms with Gasteiger partial charge in [0.05, 0.1) is 11.1 Å². The Kier molecular flexibility index (Phi) is 5.69. The first-order chi connectivity index (χ1) is 10.4. The lowest BCUT2D eigenvalue weighted by molar-refractivity contribution is -0.0159. The van der Waals surface area contributed by atoms with Crippen LogP contribution in [0.1, 0.15) is 45.0 Å². The van der Waals surface area contributed by atoms with Crippen molar-refractivity contribution in [2.24, 2.45) is 0 Å². The number of carbonyl (C=O) groups is 2. The van der Waals surface area contributed by atoms with E-state index in [2.05, 4.69) is 5.32 Å². The van der Waals surface area contributed by atoms with Crippen LogP contribution in [0.25, 0.3) is 0 Å². The van der Waals surface area contributed by atoms with E-state index < -0.39 is 34.8 Å². The molecule has 128 valence electrons. The zero-order chi connectivity index (χ0) is 17.8. The Morgan fingerprint density at radius 3 is 2.26 bits per heavy atom. The molecule has 1 aromatic carbocycles. The summed E-state index contributed by atoms with van der Waals surface area (Å²) in [6.07, 6.45) is -0.868. The fourth-order valence-electron chi connectivity index (χ4n) is 1.60. The van der Waals surface area contributed by atoms with Crippen LogP contribution in [-0.2, 0) is 9.47 Å². The highest BCUT2D eigenvalue weighted by molar-refractivity contribution is 5.94. The zero-order valence-electron chi connectivity index (χ0n) is 13.8. The maximum Gasteiger partial charge on any atom is 0.508 e. The SMILES string of the molecule is CC(C)(COC(=O)OC(C)(C)C)NC(=O)c1ccc(F)cc1F. The second-order valence-corrected chi connectivity index (χ2v) is 6.72. The Balaban J connectivity index is 2.63. The lowest BCUT2D eigenvalue weighted by Crippen LogP contribution is -2.47. The molecule has 0 radical (unpaired) electrons. The van der Waals surface area contributed by atoms with Crippen LogP contribution >= 0.6 is 0 Å².